The highest BCUT2D eigenvalue weighted by atomic mass is 32.1. The monoisotopic (exact) mass is 243 g/mol. The molecule has 1 aromatic carbocycles. The number of aryl methyl sites for hydroxylation is 1. The van der Waals surface area contributed by atoms with Gasteiger partial charge in [0.15, 0.2) is 0 Å². The van der Waals surface area contributed by atoms with Crippen molar-refractivity contribution in [1.29, 1.82) is 0 Å². The molecule has 0 radical (unpaired) electrons. The highest BCUT2D eigenvalue weighted by Gasteiger charge is 2.28. The summed E-state index contributed by atoms with van der Waals surface area (Å²) in [5.41, 5.74) is 9.15. The molecule has 1 nitrogen and oxygen atoms in total. The Labute approximate surface area is 106 Å². The van der Waals surface area contributed by atoms with Crippen LogP contribution in [0.5, 0.6) is 0 Å². The first-order valence-corrected chi connectivity index (χ1v) is 7.08. The highest BCUT2D eigenvalue weighted by molar-refractivity contribution is 7.09. The number of hydrogen-bond acceptors (Lipinski definition) is 2. The Morgan fingerprint density at radius 3 is 2.82 bits per heavy atom. The van der Waals surface area contributed by atoms with E-state index in [0.717, 1.165) is 6.42 Å². The first kappa shape index (κ1) is 11.0. The third-order valence-electron chi connectivity index (χ3n) is 3.75. The molecule has 2 heteroatoms. The van der Waals surface area contributed by atoms with Crippen LogP contribution in [0, 0.1) is 5.92 Å². The average molecular weight is 243 g/mol. The van der Waals surface area contributed by atoms with Crippen LogP contribution in [0.3, 0.4) is 0 Å². The van der Waals surface area contributed by atoms with Crippen molar-refractivity contribution in [3.05, 3.63) is 57.8 Å². The Balaban J connectivity index is 1.68. The minimum Gasteiger partial charge on any atom is -0.324 e. The van der Waals surface area contributed by atoms with Gasteiger partial charge in [0.25, 0.3) is 0 Å². The Kier molecular flexibility index (Phi) is 3.00. The Morgan fingerprint density at radius 2 is 2.06 bits per heavy atom. The summed E-state index contributed by atoms with van der Waals surface area (Å²) in [7, 11) is 0. The van der Waals surface area contributed by atoms with E-state index in [1.54, 1.807) is 0 Å². The second kappa shape index (κ2) is 4.63. The van der Waals surface area contributed by atoms with Gasteiger partial charge in [0, 0.05) is 10.9 Å². The van der Waals surface area contributed by atoms with Crippen LogP contribution in [-0.4, -0.2) is 0 Å². The molecule has 1 aliphatic carbocycles. The maximum absolute atomic E-state index is 6.33. The van der Waals surface area contributed by atoms with Gasteiger partial charge in [0.05, 0.1) is 0 Å². The molecule has 1 aliphatic rings. The van der Waals surface area contributed by atoms with E-state index in [0.29, 0.717) is 5.92 Å². The molecular weight excluding hydrogens is 226 g/mol. The molecule has 0 spiro atoms. The van der Waals surface area contributed by atoms with Crippen LogP contribution >= 0.6 is 11.3 Å². The maximum Gasteiger partial charge on any atom is 0.0329 e. The van der Waals surface area contributed by atoms with E-state index in [1.807, 2.05) is 11.3 Å². The number of thiophene rings is 1. The van der Waals surface area contributed by atoms with E-state index in [9.17, 15) is 0 Å². The Morgan fingerprint density at radius 1 is 1.18 bits per heavy atom. The maximum atomic E-state index is 6.33. The second-order valence-electron chi connectivity index (χ2n) is 4.81. The predicted molar refractivity (Wildman–Crippen MR) is 73.2 cm³/mol. The second-order valence-corrected chi connectivity index (χ2v) is 5.84. The van der Waals surface area contributed by atoms with Crippen LogP contribution in [-0.2, 0) is 12.8 Å². The molecule has 0 bridgehead atoms. The average Bonchev–Trinajstić information content (AvgIpc) is 2.96. The van der Waals surface area contributed by atoms with E-state index >= 15 is 0 Å². The van der Waals surface area contributed by atoms with E-state index in [2.05, 4.69) is 41.8 Å². The summed E-state index contributed by atoms with van der Waals surface area (Å²) in [6, 6.07) is 13.2. The van der Waals surface area contributed by atoms with E-state index in [-0.39, 0.29) is 6.04 Å². The molecule has 2 aromatic rings. The molecule has 1 heterocycles. The lowest BCUT2D eigenvalue weighted by molar-refractivity contribution is 0.435. The third-order valence-corrected chi connectivity index (χ3v) is 4.68. The summed E-state index contributed by atoms with van der Waals surface area (Å²) >= 11 is 1.85. The predicted octanol–water partition coefficient (Wildman–Crippen LogP) is 3.55. The van der Waals surface area contributed by atoms with Crippen molar-refractivity contribution in [2.24, 2.45) is 11.7 Å². The van der Waals surface area contributed by atoms with Gasteiger partial charge in [-0.15, -0.1) is 11.3 Å². The smallest absolute Gasteiger partial charge is 0.0329 e. The zero-order valence-electron chi connectivity index (χ0n) is 9.80. The lowest BCUT2D eigenvalue weighted by Crippen LogP contribution is -2.17. The van der Waals surface area contributed by atoms with Crippen molar-refractivity contribution >= 4 is 11.3 Å². The first-order chi connectivity index (χ1) is 8.34. The summed E-state index contributed by atoms with van der Waals surface area (Å²) in [4.78, 5) is 1.48. The zero-order chi connectivity index (χ0) is 11.7. The van der Waals surface area contributed by atoms with Crippen LogP contribution in [0.2, 0.25) is 0 Å². The number of benzene rings is 1. The fourth-order valence-corrected chi connectivity index (χ4v) is 3.50. The normalized spacial score (nSPS) is 22.6. The molecule has 0 saturated heterocycles. The molecule has 0 aliphatic heterocycles. The van der Waals surface area contributed by atoms with Crippen LogP contribution < -0.4 is 5.73 Å². The van der Waals surface area contributed by atoms with Crippen molar-refractivity contribution in [3.8, 4) is 0 Å². The van der Waals surface area contributed by atoms with Crippen LogP contribution in [0.1, 0.15) is 28.5 Å². The van der Waals surface area contributed by atoms with Gasteiger partial charge in [-0.2, -0.15) is 0 Å². The van der Waals surface area contributed by atoms with Gasteiger partial charge in [-0.3, -0.25) is 0 Å². The number of hydrogen-bond donors (Lipinski definition) is 1. The van der Waals surface area contributed by atoms with E-state index < -0.39 is 0 Å². The van der Waals surface area contributed by atoms with Crippen LogP contribution in [0.4, 0.5) is 0 Å². The lowest BCUT2D eigenvalue weighted by atomic mass is 9.96. The molecule has 0 amide bonds. The molecule has 88 valence electrons. The van der Waals surface area contributed by atoms with Crippen molar-refractivity contribution < 1.29 is 0 Å². The summed E-state index contributed by atoms with van der Waals surface area (Å²) in [5, 5.41) is 2.15. The lowest BCUT2D eigenvalue weighted by Gasteiger charge is -2.15. The molecule has 0 saturated carbocycles. The van der Waals surface area contributed by atoms with Crippen molar-refractivity contribution in [1.82, 2.24) is 0 Å². The van der Waals surface area contributed by atoms with Gasteiger partial charge in [-0.1, -0.05) is 30.3 Å². The molecule has 3 rings (SSSR count). The summed E-state index contributed by atoms with van der Waals surface area (Å²) in [6.07, 6.45) is 3.53. The number of nitrogens with two attached hydrogens (primary N) is 1. The van der Waals surface area contributed by atoms with Crippen molar-refractivity contribution in [2.75, 3.05) is 0 Å². The Hall–Kier alpha value is -1.12. The van der Waals surface area contributed by atoms with Crippen LogP contribution in [0.15, 0.2) is 41.8 Å². The SMILES string of the molecule is NC1c2ccccc2CC1CCc1cccs1. The minimum absolute atomic E-state index is 0.242. The first-order valence-electron chi connectivity index (χ1n) is 6.20. The molecule has 2 N–H and O–H groups in total. The van der Waals surface area contributed by atoms with Crippen molar-refractivity contribution in [3.63, 3.8) is 0 Å². The highest BCUT2D eigenvalue weighted by Crippen LogP contribution is 2.36. The topological polar surface area (TPSA) is 26.0 Å². The fraction of sp³-hybridized carbons (Fsp3) is 0.333. The molecule has 2 atom stereocenters. The number of rotatable bonds is 3. The quantitative estimate of drug-likeness (QED) is 0.876. The third kappa shape index (κ3) is 2.15. The summed E-state index contributed by atoms with van der Waals surface area (Å²) < 4.78 is 0. The van der Waals surface area contributed by atoms with Gasteiger partial charge in [-0.05, 0) is 47.8 Å². The summed E-state index contributed by atoms with van der Waals surface area (Å²) in [5.74, 6) is 0.620. The van der Waals surface area contributed by atoms with Gasteiger partial charge < -0.3 is 5.73 Å². The molecule has 2 unspecified atom stereocenters. The van der Waals surface area contributed by atoms with E-state index in [4.69, 9.17) is 5.73 Å². The van der Waals surface area contributed by atoms with Crippen molar-refractivity contribution in [2.45, 2.75) is 25.3 Å². The molecule has 0 fully saturated rings. The van der Waals surface area contributed by atoms with Gasteiger partial charge in [0.1, 0.15) is 0 Å². The zero-order valence-corrected chi connectivity index (χ0v) is 10.6. The van der Waals surface area contributed by atoms with E-state index in [1.165, 1.54) is 28.8 Å². The summed E-state index contributed by atoms with van der Waals surface area (Å²) in [6.45, 7) is 0. The van der Waals surface area contributed by atoms with Gasteiger partial charge >= 0.3 is 0 Å². The standard InChI is InChI=1S/C15H17NS/c16-15-12(7-8-13-5-3-9-17-13)10-11-4-1-2-6-14(11)15/h1-6,9,12,15H,7-8,10,16H2. The number of fused-ring (bicyclic) bond motifs is 1. The van der Waals surface area contributed by atoms with Gasteiger partial charge in [0.2, 0.25) is 0 Å². The molecular formula is C15H17NS. The van der Waals surface area contributed by atoms with Crippen LogP contribution in [0.25, 0.3) is 0 Å². The minimum atomic E-state index is 0.242. The molecule has 1 aromatic heterocycles. The Bertz CT molecular complexity index is 489. The fourth-order valence-electron chi connectivity index (χ4n) is 2.77. The largest absolute Gasteiger partial charge is 0.324 e. The molecule has 17 heavy (non-hydrogen) atoms. The van der Waals surface area contributed by atoms with Gasteiger partial charge in [-0.25, -0.2) is 0 Å².